The summed E-state index contributed by atoms with van der Waals surface area (Å²) < 4.78 is 23.9. The number of anilines is 1. The van der Waals surface area contributed by atoms with Gasteiger partial charge in [0.25, 0.3) is 5.91 Å². The first-order valence-electron chi connectivity index (χ1n) is 7.78. The van der Waals surface area contributed by atoms with Crippen LogP contribution in [-0.2, 0) is 0 Å². The fourth-order valence-corrected chi connectivity index (χ4v) is 2.72. The number of halogens is 1. The minimum absolute atomic E-state index is 0.170. The topological polar surface area (TPSA) is 68.5 Å². The minimum Gasteiger partial charge on any atom is -0.471 e. The molecule has 1 aromatic carbocycles. The predicted octanol–water partition coefficient (Wildman–Crippen LogP) is 3.30. The van der Waals surface area contributed by atoms with E-state index in [1.165, 1.54) is 12.1 Å². The van der Waals surface area contributed by atoms with Crippen molar-refractivity contribution >= 4 is 11.6 Å². The molecule has 3 aromatic rings. The predicted molar refractivity (Wildman–Crippen MR) is 87.9 cm³/mol. The summed E-state index contributed by atoms with van der Waals surface area (Å²) in [6, 6.07) is 10.8. The molecule has 0 aliphatic carbocycles. The maximum absolute atomic E-state index is 13.0. The minimum atomic E-state index is -0.342. The van der Waals surface area contributed by atoms with Gasteiger partial charge in [-0.15, -0.1) is 0 Å². The number of aromatic nitrogens is 2. The van der Waals surface area contributed by atoms with Crippen molar-refractivity contribution in [2.24, 2.45) is 0 Å². The number of ether oxygens (including phenoxy) is 1. The summed E-state index contributed by atoms with van der Waals surface area (Å²) in [5.41, 5.74) is 1.41. The summed E-state index contributed by atoms with van der Waals surface area (Å²) in [6.45, 7) is 2.25. The summed E-state index contributed by atoms with van der Waals surface area (Å²) in [7, 11) is 0. The van der Waals surface area contributed by atoms with Crippen LogP contribution in [0, 0.1) is 5.82 Å². The maximum Gasteiger partial charge on any atom is 0.280 e. The zero-order valence-corrected chi connectivity index (χ0v) is 13.3. The molecule has 1 aliphatic rings. The molecule has 3 heterocycles. The van der Waals surface area contributed by atoms with Gasteiger partial charge in [0.1, 0.15) is 17.6 Å². The Hall–Kier alpha value is -3.22. The zero-order valence-electron chi connectivity index (χ0n) is 13.3. The van der Waals surface area contributed by atoms with Crippen LogP contribution >= 0.6 is 0 Å². The van der Waals surface area contributed by atoms with Crippen molar-refractivity contribution in [3.8, 4) is 17.2 Å². The highest BCUT2D eigenvalue weighted by Gasteiger charge is 2.30. The molecule has 0 fully saturated rings. The largest absolute Gasteiger partial charge is 0.471 e. The number of rotatable bonds is 2. The SMILES string of the molecule is CC1CN(C(=O)c2cc(-c3ccc(F)cc3)on2)c2cccnc2O1. The average molecular weight is 339 g/mol. The first-order valence-corrected chi connectivity index (χ1v) is 7.78. The first kappa shape index (κ1) is 15.3. The quantitative estimate of drug-likeness (QED) is 0.716. The van der Waals surface area contributed by atoms with Crippen molar-refractivity contribution in [2.75, 3.05) is 11.4 Å². The summed E-state index contributed by atoms with van der Waals surface area (Å²) in [5.74, 6) is 0.167. The lowest BCUT2D eigenvalue weighted by atomic mass is 10.1. The van der Waals surface area contributed by atoms with Crippen LogP contribution < -0.4 is 9.64 Å². The van der Waals surface area contributed by atoms with Crippen molar-refractivity contribution in [3.63, 3.8) is 0 Å². The second-order valence-corrected chi connectivity index (χ2v) is 5.76. The zero-order chi connectivity index (χ0) is 17.4. The van der Waals surface area contributed by atoms with Crippen molar-refractivity contribution in [1.82, 2.24) is 10.1 Å². The van der Waals surface area contributed by atoms with E-state index in [0.717, 1.165) is 0 Å². The smallest absolute Gasteiger partial charge is 0.280 e. The third kappa shape index (κ3) is 2.84. The third-order valence-electron chi connectivity index (χ3n) is 3.90. The summed E-state index contributed by atoms with van der Waals surface area (Å²) in [4.78, 5) is 18.6. The van der Waals surface area contributed by atoms with Gasteiger partial charge in [-0.05, 0) is 43.3 Å². The lowest BCUT2D eigenvalue weighted by molar-refractivity contribution is 0.0950. The van der Waals surface area contributed by atoms with Gasteiger partial charge in [-0.2, -0.15) is 0 Å². The van der Waals surface area contributed by atoms with E-state index in [1.54, 1.807) is 41.4 Å². The Labute approximate surface area is 142 Å². The number of nitrogens with zero attached hydrogens (tertiary/aromatic N) is 3. The van der Waals surface area contributed by atoms with Crippen LogP contribution in [-0.4, -0.2) is 28.7 Å². The number of hydrogen-bond donors (Lipinski definition) is 0. The number of benzene rings is 1. The fraction of sp³-hybridized carbons (Fsp3) is 0.167. The Morgan fingerprint density at radius 3 is 2.88 bits per heavy atom. The Morgan fingerprint density at radius 1 is 1.28 bits per heavy atom. The summed E-state index contributed by atoms with van der Waals surface area (Å²) in [5, 5.41) is 3.87. The first-order chi connectivity index (χ1) is 12.1. The Morgan fingerprint density at radius 2 is 2.08 bits per heavy atom. The van der Waals surface area contributed by atoms with Crippen molar-refractivity contribution in [2.45, 2.75) is 13.0 Å². The van der Waals surface area contributed by atoms with E-state index >= 15 is 0 Å². The monoisotopic (exact) mass is 339 g/mol. The molecule has 0 spiro atoms. The summed E-state index contributed by atoms with van der Waals surface area (Å²) >= 11 is 0. The van der Waals surface area contributed by atoms with Crippen molar-refractivity contribution in [3.05, 3.63) is 60.2 Å². The molecule has 2 aromatic heterocycles. The second-order valence-electron chi connectivity index (χ2n) is 5.76. The molecular formula is C18H14FN3O3. The van der Waals surface area contributed by atoms with E-state index in [2.05, 4.69) is 10.1 Å². The van der Waals surface area contributed by atoms with Crippen LogP contribution in [0.15, 0.2) is 53.2 Å². The molecule has 1 unspecified atom stereocenters. The number of carbonyl (C=O) groups excluding carboxylic acids is 1. The van der Waals surface area contributed by atoms with Crippen LogP contribution in [0.4, 0.5) is 10.1 Å². The van der Waals surface area contributed by atoms with E-state index in [0.29, 0.717) is 29.4 Å². The fourth-order valence-electron chi connectivity index (χ4n) is 2.72. The molecule has 25 heavy (non-hydrogen) atoms. The molecule has 1 aliphatic heterocycles. The maximum atomic E-state index is 13.0. The summed E-state index contributed by atoms with van der Waals surface area (Å²) in [6.07, 6.45) is 1.43. The number of pyridine rings is 1. The molecule has 0 saturated heterocycles. The van der Waals surface area contributed by atoms with Gasteiger partial charge >= 0.3 is 0 Å². The highest BCUT2D eigenvalue weighted by atomic mass is 19.1. The molecule has 7 heteroatoms. The van der Waals surface area contributed by atoms with Crippen LogP contribution in [0.2, 0.25) is 0 Å². The van der Waals surface area contributed by atoms with Gasteiger partial charge < -0.3 is 9.26 Å². The number of fused-ring (bicyclic) bond motifs is 1. The van der Waals surface area contributed by atoms with Gasteiger partial charge in [-0.1, -0.05) is 5.16 Å². The molecule has 0 N–H and O–H groups in total. The molecule has 1 atom stereocenters. The highest BCUT2D eigenvalue weighted by molar-refractivity contribution is 6.06. The van der Waals surface area contributed by atoms with Gasteiger partial charge in [-0.25, -0.2) is 9.37 Å². The van der Waals surface area contributed by atoms with E-state index < -0.39 is 0 Å². The Kier molecular flexibility index (Phi) is 3.68. The molecule has 4 rings (SSSR count). The van der Waals surface area contributed by atoms with Gasteiger partial charge in [-0.3, -0.25) is 9.69 Å². The van der Waals surface area contributed by atoms with Crippen molar-refractivity contribution < 1.29 is 18.4 Å². The molecule has 6 nitrogen and oxygen atoms in total. The Bertz CT molecular complexity index is 923. The van der Waals surface area contributed by atoms with Crippen LogP contribution in [0.5, 0.6) is 5.88 Å². The number of amides is 1. The standard InChI is InChI=1S/C18H14FN3O3/c1-11-10-22(15-3-2-8-20-17(15)24-11)18(23)14-9-16(25-21-14)12-4-6-13(19)7-5-12/h2-9,11H,10H2,1H3. The normalized spacial score (nSPS) is 16.2. The van der Waals surface area contributed by atoms with E-state index in [1.807, 2.05) is 6.92 Å². The number of hydrogen-bond acceptors (Lipinski definition) is 5. The van der Waals surface area contributed by atoms with Gasteiger partial charge in [0.2, 0.25) is 5.88 Å². The van der Waals surface area contributed by atoms with Gasteiger partial charge in [0.05, 0.1) is 6.54 Å². The lowest BCUT2D eigenvalue weighted by Gasteiger charge is -2.31. The van der Waals surface area contributed by atoms with Gasteiger partial charge in [0, 0.05) is 17.8 Å². The third-order valence-corrected chi connectivity index (χ3v) is 3.90. The van der Waals surface area contributed by atoms with E-state index in [-0.39, 0.29) is 23.5 Å². The molecular weight excluding hydrogens is 325 g/mol. The van der Waals surface area contributed by atoms with Crippen LogP contribution in [0.3, 0.4) is 0 Å². The van der Waals surface area contributed by atoms with Gasteiger partial charge in [0.15, 0.2) is 11.5 Å². The van der Waals surface area contributed by atoms with Crippen LogP contribution in [0.25, 0.3) is 11.3 Å². The number of carbonyl (C=O) groups is 1. The molecule has 126 valence electrons. The van der Waals surface area contributed by atoms with Crippen molar-refractivity contribution in [1.29, 1.82) is 0 Å². The lowest BCUT2D eigenvalue weighted by Crippen LogP contribution is -2.42. The highest BCUT2D eigenvalue weighted by Crippen LogP contribution is 2.32. The van der Waals surface area contributed by atoms with Crippen LogP contribution in [0.1, 0.15) is 17.4 Å². The molecule has 0 bridgehead atoms. The second kappa shape index (κ2) is 6.01. The molecule has 1 amide bonds. The Balaban J connectivity index is 1.65. The van der Waals surface area contributed by atoms with E-state index in [4.69, 9.17) is 9.26 Å². The van der Waals surface area contributed by atoms with E-state index in [9.17, 15) is 9.18 Å². The average Bonchev–Trinajstić information content (AvgIpc) is 3.11. The molecule has 0 radical (unpaired) electrons. The molecule has 0 saturated carbocycles.